The molecule has 2 aromatic rings. The number of amides is 1. The van der Waals surface area contributed by atoms with E-state index in [1.165, 1.54) is 15.6 Å². The maximum Gasteiger partial charge on any atom is 0.273 e. The molecule has 0 saturated carbocycles. The second-order valence-corrected chi connectivity index (χ2v) is 9.78. The first-order valence-corrected chi connectivity index (χ1v) is 11.5. The molecule has 0 aliphatic carbocycles. The Morgan fingerprint density at radius 1 is 1.29 bits per heavy atom. The lowest BCUT2D eigenvalue weighted by Gasteiger charge is -2.26. The molecule has 1 saturated heterocycles. The minimum Gasteiger partial charge on any atom is -0.379 e. The number of rotatable bonds is 6. The van der Waals surface area contributed by atoms with Crippen molar-refractivity contribution in [1.29, 1.82) is 0 Å². The Bertz CT molecular complexity index is 920. The van der Waals surface area contributed by atoms with E-state index in [0.29, 0.717) is 48.3 Å². The molecule has 1 amide bonds. The molecule has 2 aliphatic heterocycles. The molecular weight excluding hydrogens is 404 g/mol. The van der Waals surface area contributed by atoms with Crippen LogP contribution < -0.4 is 5.32 Å². The highest BCUT2D eigenvalue weighted by Crippen LogP contribution is 2.28. The second-order valence-electron chi connectivity index (χ2n) is 6.66. The van der Waals surface area contributed by atoms with Crippen molar-refractivity contribution in [2.24, 2.45) is 0 Å². The summed E-state index contributed by atoms with van der Waals surface area (Å²) in [4.78, 5) is 14.8. The molecule has 0 radical (unpaired) electrons. The van der Waals surface area contributed by atoms with Gasteiger partial charge in [0.25, 0.3) is 15.9 Å². The van der Waals surface area contributed by atoms with Gasteiger partial charge in [-0.25, -0.2) is 8.42 Å². The fourth-order valence-corrected chi connectivity index (χ4v) is 5.89. The van der Waals surface area contributed by atoms with Crippen LogP contribution in [0.15, 0.2) is 26.2 Å². The summed E-state index contributed by atoms with van der Waals surface area (Å²) in [6, 6.07) is 3.29. The summed E-state index contributed by atoms with van der Waals surface area (Å²) in [5, 5.41) is 8.49. The summed E-state index contributed by atoms with van der Waals surface area (Å²) in [5.74, 6) is 0.240. The third-order valence-corrected chi connectivity index (χ3v) is 8.13. The van der Waals surface area contributed by atoms with Crippen LogP contribution in [0.1, 0.15) is 21.8 Å². The molecule has 4 rings (SSSR count). The molecule has 0 aromatic carbocycles. The van der Waals surface area contributed by atoms with Crippen LogP contribution in [0.4, 0.5) is 0 Å². The lowest BCUT2D eigenvalue weighted by molar-refractivity contribution is 0.0383. The van der Waals surface area contributed by atoms with Crippen LogP contribution in [0.3, 0.4) is 0 Å². The van der Waals surface area contributed by atoms with E-state index in [-0.39, 0.29) is 18.1 Å². The normalized spacial score (nSPS) is 18.7. The van der Waals surface area contributed by atoms with Crippen molar-refractivity contribution < 1.29 is 22.5 Å². The second kappa shape index (κ2) is 8.29. The topological polar surface area (TPSA) is 105 Å². The van der Waals surface area contributed by atoms with E-state index in [1.807, 2.05) is 0 Å². The third-order valence-electron chi connectivity index (χ3n) is 4.91. The summed E-state index contributed by atoms with van der Waals surface area (Å²) in [7, 11) is -3.58. The van der Waals surface area contributed by atoms with Gasteiger partial charge in [0.05, 0.1) is 13.2 Å². The quantitative estimate of drug-likeness (QED) is 0.719. The number of fused-ring (bicyclic) bond motifs is 1. The minimum atomic E-state index is -3.58. The van der Waals surface area contributed by atoms with Crippen LogP contribution in [0.25, 0.3) is 0 Å². The first kappa shape index (κ1) is 19.5. The smallest absolute Gasteiger partial charge is 0.273 e. The van der Waals surface area contributed by atoms with Crippen molar-refractivity contribution in [2.45, 2.75) is 17.2 Å². The van der Waals surface area contributed by atoms with E-state index >= 15 is 0 Å². The predicted molar refractivity (Wildman–Crippen MR) is 102 cm³/mol. The largest absolute Gasteiger partial charge is 0.379 e. The Balaban J connectivity index is 1.41. The van der Waals surface area contributed by atoms with Crippen LogP contribution in [0.2, 0.25) is 0 Å². The number of sulfonamides is 1. The first-order valence-electron chi connectivity index (χ1n) is 9.15. The number of hydrogen-bond acceptors (Lipinski definition) is 8. The number of carbonyl (C=O) groups is 1. The fourth-order valence-electron chi connectivity index (χ4n) is 3.34. The van der Waals surface area contributed by atoms with Gasteiger partial charge in [-0.1, -0.05) is 11.2 Å². The van der Waals surface area contributed by atoms with E-state index in [4.69, 9.17) is 9.26 Å². The van der Waals surface area contributed by atoms with Crippen LogP contribution in [0, 0.1) is 0 Å². The lowest BCUT2D eigenvalue weighted by Crippen LogP contribution is -2.41. The molecule has 9 nitrogen and oxygen atoms in total. The highest BCUT2D eigenvalue weighted by atomic mass is 32.2. The summed E-state index contributed by atoms with van der Waals surface area (Å²) in [6.45, 7) is 4.73. The van der Waals surface area contributed by atoms with Gasteiger partial charge < -0.3 is 14.6 Å². The molecule has 0 bridgehead atoms. The van der Waals surface area contributed by atoms with Gasteiger partial charge >= 0.3 is 0 Å². The zero-order valence-electron chi connectivity index (χ0n) is 15.3. The number of hydrogen-bond donors (Lipinski definition) is 1. The third kappa shape index (κ3) is 3.98. The van der Waals surface area contributed by atoms with Gasteiger partial charge in [-0.2, -0.15) is 4.31 Å². The highest BCUT2D eigenvalue weighted by Gasteiger charge is 2.34. The van der Waals surface area contributed by atoms with Crippen molar-refractivity contribution in [3.8, 4) is 0 Å². The zero-order valence-corrected chi connectivity index (χ0v) is 16.9. The number of nitrogens with zero attached hydrogens (tertiary/aromatic N) is 3. The average molecular weight is 427 g/mol. The Hall–Kier alpha value is -1.79. The number of thiophene rings is 1. The van der Waals surface area contributed by atoms with Crippen LogP contribution in [-0.4, -0.2) is 74.6 Å². The number of morpholine rings is 1. The van der Waals surface area contributed by atoms with E-state index in [2.05, 4.69) is 15.4 Å². The summed E-state index contributed by atoms with van der Waals surface area (Å²) in [6.07, 6.45) is 0.397. The van der Waals surface area contributed by atoms with E-state index in [0.717, 1.165) is 19.6 Å². The van der Waals surface area contributed by atoms with Gasteiger partial charge in [-0.15, -0.1) is 11.3 Å². The van der Waals surface area contributed by atoms with Crippen LogP contribution >= 0.6 is 11.3 Å². The van der Waals surface area contributed by atoms with Crippen LogP contribution in [0.5, 0.6) is 0 Å². The molecule has 28 heavy (non-hydrogen) atoms. The molecule has 152 valence electrons. The van der Waals surface area contributed by atoms with Crippen molar-refractivity contribution in [2.75, 3.05) is 45.9 Å². The Morgan fingerprint density at radius 2 is 2.11 bits per heavy atom. The standard InChI is InChI=1S/C17H22N4O5S2/c22-17(18-4-6-20-7-9-25-10-8-20)16-13-12-21(5-3-14(13)26-19-16)28(23,24)15-2-1-11-27-15/h1-2,11H,3-10,12H2,(H,18,22). The summed E-state index contributed by atoms with van der Waals surface area (Å²) >= 11 is 1.18. The molecular formula is C17H22N4O5S2. The highest BCUT2D eigenvalue weighted by molar-refractivity contribution is 7.91. The Labute approximate surface area is 167 Å². The molecule has 2 aromatic heterocycles. The molecule has 2 aliphatic rings. The van der Waals surface area contributed by atoms with Gasteiger partial charge in [0, 0.05) is 51.3 Å². The van der Waals surface area contributed by atoms with Gasteiger partial charge in [0.2, 0.25) is 0 Å². The molecule has 1 N–H and O–H groups in total. The monoisotopic (exact) mass is 426 g/mol. The van der Waals surface area contributed by atoms with Crippen LogP contribution in [-0.2, 0) is 27.7 Å². The minimum absolute atomic E-state index is 0.0886. The number of nitrogens with one attached hydrogen (secondary N) is 1. The predicted octanol–water partition coefficient (Wildman–Crippen LogP) is 0.545. The maximum absolute atomic E-state index is 12.8. The number of ether oxygens (including phenoxy) is 1. The van der Waals surface area contributed by atoms with E-state index in [1.54, 1.807) is 17.5 Å². The Kier molecular flexibility index (Phi) is 5.78. The zero-order chi connectivity index (χ0) is 19.6. The number of carbonyl (C=O) groups excluding carboxylic acids is 1. The summed E-state index contributed by atoms with van der Waals surface area (Å²) < 4.78 is 37.8. The molecule has 0 spiro atoms. The first-order chi connectivity index (χ1) is 13.6. The van der Waals surface area contributed by atoms with Gasteiger partial charge in [-0.05, 0) is 11.4 Å². The summed E-state index contributed by atoms with van der Waals surface area (Å²) in [5.41, 5.74) is 0.721. The molecule has 11 heteroatoms. The molecule has 0 atom stereocenters. The molecule has 4 heterocycles. The molecule has 1 fully saturated rings. The fraction of sp³-hybridized carbons (Fsp3) is 0.529. The number of aromatic nitrogens is 1. The lowest BCUT2D eigenvalue weighted by atomic mass is 10.1. The van der Waals surface area contributed by atoms with Crippen molar-refractivity contribution >= 4 is 27.3 Å². The Morgan fingerprint density at radius 3 is 2.86 bits per heavy atom. The maximum atomic E-state index is 12.8. The van der Waals surface area contributed by atoms with E-state index < -0.39 is 10.0 Å². The van der Waals surface area contributed by atoms with Gasteiger partial charge in [0.15, 0.2) is 5.69 Å². The van der Waals surface area contributed by atoms with Crippen molar-refractivity contribution in [1.82, 2.24) is 19.7 Å². The average Bonchev–Trinajstić information content (AvgIpc) is 3.38. The SMILES string of the molecule is O=C(NCCN1CCOCC1)c1noc2c1CN(S(=O)(=O)c1cccs1)CC2. The van der Waals surface area contributed by atoms with Crippen molar-refractivity contribution in [3.63, 3.8) is 0 Å². The van der Waals surface area contributed by atoms with Gasteiger partial charge in [0.1, 0.15) is 9.97 Å². The molecule has 0 unspecified atom stereocenters. The van der Waals surface area contributed by atoms with E-state index in [9.17, 15) is 13.2 Å². The van der Waals surface area contributed by atoms with Crippen molar-refractivity contribution in [3.05, 3.63) is 34.5 Å². The van der Waals surface area contributed by atoms with Gasteiger partial charge in [-0.3, -0.25) is 9.69 Å².